The Balaban J connectivity index is 1.48. The van der Waals surface area contributed by atoms with Crippen LogP contribution in [-0.4, -0.2) is 48.7 Å². The van der Waals surface area contributed by atoms with E-state index in [2.05, 4.69) is 10.2 Å². The third-order valence-electron chi connectivity index (χ3n) is 5.42. The van der Waals surface area contributed by atoms with Gasteiger partial charge in [0.05, 0.1) is 11.1 Å². The smallest absolute Gasteiger partial charge is 0.381 e. The van der Waals surface area contributed by atoms with E-state index < -0.39 is 17.3 Å². The largest absolute Gasteiger partial charge is 0.416 e. The second-order valence-electron chi connectivity index (χ2n) is 7.49. The summed E-state index contributed by atoms with van der Waals surface area (Å²) in [5, 5.41) is 3.05. The summed E-state index contributed by atoms with van der Waals surface area (Å²) in [6.45, 7) is 2.92. The number of alkyl halides is 3. The zero-order chi connectivity index (χ0) is 19.5. The molecule has 0 aromatic heterocycles. The van der Waals surface area contributed by atoms with Crippen molar-refractivity contribution in [2.75, 3.05) is 26.3 Å². The van der Waals surface area contributed by atoms with Gasteiger partial charge in [0.2, 0.25) is 5.91 Å². The van der Waals surface area contributed by atoms with Gasteiger partial charge in [-0.05, 0) is 37.3 Å². The number of ether oxygens (including phenoxy) is 1. The maximum absolute atomic E-state index is 12.8. The molecular weight excluding hydrogens is 359 g/mol. The molecule has 2 aliphatic heterocycles. The molecule has 2 aliphatic rings. The van der Waals surface area contributed by atoms with Gasteiger partial charge in [-0.2, -0.15) is 13.2 Å². The molecule has 150 valence electrons. The molecule has 0 aliphatic carbocycles. The van der Waals surface area contributed by atoms with E-state index in [1.54, 1.807) is 6.07 Å². The number of piperidine rings is 1. The van der Waals surface area contributed by atoms with E-state index >= 15 is 0 Å². The molecule has 8 heteroatoms. The summed E-state index contributed by atoms with van der Waals surface area (Å²) in [5.74, 6) is -0.123. The van der Waals surface area contributed by atoms with Crippen LogP contribution < -0.4 is 11.1 Å². The zero-order valence-electron chi connectivity index (χ0n) is 15.2. The predicted molar refractivity (Wildman–Crippen MR) is 94.9 cm³/mol. The van der Waals surface area contributed by atoms with Crippen molar-refractivity contribution in [2.45, 2.75) is 50.0 Å². The molecule has 1 aromatic rings. The number of likely N-dealkylation sites (tertiary alicyclic amines) is 1. The first-order valence-electron chi connectivity index (χ1n) is 9.32. The monoisotopic (exact) mass is 385 g/mol. The molecule has 3 N–H and O–H groups in total. The van der Waals surface area contributed by atoms with Crippen molar-refractivity contribution in [3.05, 3.63) is 35.4 Å². The molecule has 5 nitrogen and oxygen atoms in total. The van der Waals surface area contributed by atoms with E-state index in [1.807, 2.05) is 0 Å². The fourth-order valence-corrected chi connectivity index (χ4v) is 3.63. The number of hydrogen-bond donors (Lipinski definition) is 2. The second kappa shape index (κ2) is 8.16. The van der Waals surface area contributed by atoms with E-state index in [0.717, 1.165) is 32.0 Å². The Morgan fingerprint density at radius 2 is 1.93 bits per heavy atom. The van der Waals surface area contributed by atoms with Crippen LogP contribution in [-0.2, 0) is 22.3 Å². The van der Waals surface area contributed by atoms with E-state index in [9.17, 15) is 18.0 Å². The summed E-state index contributed by atoms with van der Waals surface area (Å²) in [7, 11) is 0. The third kappa shape index (κ3) is 5.21. The highest BCUT2D eigenvalue weighted by Gasteiger charge is 2.37. The van der Waals surface area contributed by atoms with Crippen molar-refractivity contribution in [3.8, 4) is 0 Å². The number of amides is 1. The lowest BCUT2D eigenvalue weighted by Gasteiger charge is -2.36. The van der Waals surface area contributed by atoms with Gasteiger partial charge in [0.25, 0.3) is 0 Å². The number of hydrogen-bond acceptors (Lipinski definition) is 4. The van der Waals surface area contributed by atoms with Crippen LogP contribution in [0.3, 0.4) is 0 Å². The first kappa shape index (κ1) is 20.1. The fraction of sp³-hybridized carbons (Fsp3) is 0.632. The van der Waals surface area contributed by atoms with Crippen LogP contribution in [0.25, 0.3) is 0 Å². The maximum Gasteiger partial charge on any atom is 0.416 e. The van der Waals surface area contributed by atoms with Gasteiger partial charge in [-0.15, -0.1) is 0 Å². The van der Waals surface area contributed by atoms with Crippen LogP contribution in [0, 0.1) is 0 Å². The number of carbonyl (C=O) groups excluding carboxylic acids is 1. The molecule has 0 unspecified atom stereocenters. The summed E-state index contributed by atoms with van der Waals surface area (Å²) in [6, 6.07) is 5.51. The Hall–Kier alpha value is -1.64. The quantitative estimate of drug-likeness (QED) is 0.835. The minimum atomic E-state index is -4.32. The molecule has 1 aromatic carbocycles. The molecule has 2 saturated heterocycles. The Morgan fingerprint density at radius 3 is 2.56 bits per heavy atom. The summed E-state index contributed by atoms with van der Waals surface area (Å²) < 4.78 is 43.8. The van der Waals surface area contributed by atoms with E-state index in [1.165, 1.54) is 12.1 Å². The zero-order valence-corrected chi connectivity index (χ0v) is 15.2. The van der Waals surface area contributed by atoms with Crippen LogP contribution >= 0.6 is 0 Å². The molecule has 2 heterocycles. The van der Waals surface area contributed by atoms with Gasteiger partial charge in [0.1, 0.15) is 0 Å². The molecular formula is C19H26F3N3O2. The molecule has 1 amide bonds. The van der Waals surface area contributed by atoms with E-state index in [4.69, 9.17) is 10.5 Å². The summed E-state index contributed by atoms with van der Waals surface area (Å²) in [5.41, 5.74) is 5.38. The van der Waals surface area contributed by atoms with Crippen LogP contribution in [0.5, 0.6) is 0 Å². The topological polar surface area (TPSA) is 67.6 Å². The predicted octanol–water partition coefficient (Wildman–Crippen LogP) is 2.29. The number of halogens is 3. The maximum atomic E-state index is 12.8. The van der Waals surface area contributed by atoms with Crippen LogP contribution in [0.15, 0.2) is 24.3 Å². The van der Waals surface area contributed by atoms with Crippen molar-refractivity contribution in [3.63, 3.8) is 0 Å². The Morgan fingerprint density at radius 1 is 1.26 bits per heavy atom. The first-order chi connectivity index (χ1) is 12.8. The molecule has 0 saturated carbocycles. The third-order valence-corrected chi connectivity index (χ3v) is 5.42. The minimum Gasteiger partial charge on any atom is -0.381 e. The van der Waals surface area contributed by atoms with Crippen molar-refractivity contribution < 1.29 is 22.7 Å². The van der Waals surface area contributed by atoms with Crippen molar-refractivity contribution in [2.24, 2.45) is 5.73 Å². The first-order valence-corrected chi connectivity index (χ1v) is 9.32. The van der Waals surface area contributed by atoms with Gasteiger partial charge in [0, 0.05) is 38.9 Å². The minimum absolute atomic E-state index is 0.0542. The highest BCUT2D eigenvalue weighted by atomic mass is 19.4. The second-order valence-corrected chi connectivity index (χ2v) is 7.49. The Bertz CT molecular complexity index is 652. The SMILES string of the molecule is NC1(C(=O)NC2CCN(Cc3cccc(C(F)(F)F)c3)CC2)CCOCC1. The van der Waals surface area contributed by atoms with Crippen molar-refractivity contribution in [1.29, 1.82) is 0 Å². The molecule has 0 bridgehead atoms. The molecule has 2 fully saturated rings. The van der Waals surface area contributed by atoms with Crippen molar-refractivity contribution in [1.82, 2.24) is 10.2 Å². The normalized spacial score (nSPS) is 21.8. The number of nitrogens with two attached hydrogens (primary N) is 1. The highest BCUT2D eigenvalue weighted by molar-refractivity contribution is 5.86. The lowest BCUT2D eigenvalue weighted by Crippen LogP contribution is -2.59. The summed E-state index contributed by atoms with van der Waals surface area (Å²) in [6.07, 6.45) is -1.76. The van der Waals surface area contributed by atoms with Crippen molar-refractivity contribution >= 4 is 5.91 Å². The fourth-order valence-electron chi connectivity index (χ4n) is 3.63. The molecule has 0 radical (unpaired) electrons. The standard InChI is InChI=1S/C19H26F3N3O2/c20-19(21,22)15-3-1-2-14(12-15)13-25-8-4-16(5-9-25)24-17(26)18(23)6-10-27-11-7-18/h1-3,12,16H,4-11,13,23H2,(H,24,26). The number of rotatable bonds is 4. The average Bonchev–Trinajstić information content (AvgIpc) is 2.63. The number of benzene rings is 1. The van der Waals surface area contributed by atoms with Crippen LogP contribution in [0.2, 0.25) is 0 Å². The number of nitrogens with one attached hydrogen (secondary N) is 1. The van der Waals surface area contributed by atoms with Gasteiger partial charge >= 0.3 is 6.18 Å². The summed E-state index contributed by atoms with van der Waals surface area (Å²) in [4.78, 5) is 14.6. The average molecular weight is 385 g/mol. The highest BCUT2D eigenvalue weighted by Crippen LogP contribution is 2.30. The van der Waals surface area contributed by atoms with Gasteiger partial charge in [-0.1, -0.05) is 18.2 Å². The lowest BCUT2D eigenvalue weighted by molar-refractivity contribution is -0.137. The van der Waals surface area contributed by atoms with Gasteiger partial charge < -0.3 is 15.8 Å². The van der Waals surface area contributed by atoms with Crippen LogP contribution in [0.4, 0.5) is 13.2 Å². The molecule has 3 rings (SSSR count). The lowest BCUT2D eigenvalue weighted by atomic mass is 9.89. The summed E-state index contributed by atoms with van der Waals surface area (Å²) >= 11 is 0. The molecule has 0 spiro atoms. The van der Waals surface area contributed by atoms with E-state index in [-0.39, 0.29) is 11.9 Å². The number of carbonyl (C=O) groups is 1. The molecule has 27 heavy (non-hydrogen) atoms. The Kier molecular flexibility index (Phi) is 6.08. The van der Waals surface area contributed by atoms with Gasteiger partial charge in [-0.25, -0.2) is 0 Å². The van der Waals surface area contributed by atoms with Gasteiger partial charge in [0.15, 0.2) is 0 Å². The number of nitrogens with zero attached hydrogens (tertiary/aromatic N) is 1. The Labute approximate surface area is 157 Å². The van der Waals surface area contributed by atoms with E-state index in [0.29, 0.717) is 38.2 Å². The molecule has 0 atom stereocenters. The van der Waals surface area contributed by atoms with Crippen LogP contribution in [0.1, 0.15) is 36.8 Å². The van der Waals surface area contributed by atoms with Gasteiger partial charge in [-0.3, -0.25) is 9.69 Å².